The van der Waals surface area contributed by atoms with E-state index in [-0.39, 0.29) is 31.0 Å². The van der Waals surface area contributed by atoms with E-state index < -0.39 is 6.04 Å². The molecule has 0 aliphatic rings. The number of hydrogen-bond donors (Lipinski definition) is 1. The van der Waals surface area contributed by atoms with Crippen LogP contribution in [0.5, 0.6) is 11.5 Å². The van der Waals surface area contributed by atoms with Gasteiger partial charge in [-0.05, 0) is 75.1 Å². The van der Waals surface area contributed by atoms with Crippen LogP contribution in [0.4, 0.5) is 0 Å². The van der Waals surface area contributed by atoms with E-state index in [0.29, 0.717) is 16.5 Å². The summed E-state index contributed by atoms with van der Waals surface area (Å²) in [5.41, 5.74) is 2.62. The van der Waals surface area contributed by atoms with Gasteiger partial charge in [0.05, 0.1) is 7.11 Å². The molecule has 0 aromatic heterocycles. The SMILES string of the molecule is CC[C@@H](C)NC(=O)[C@H](C)N(Cc1cccc(OC)c1)C(=O)COc1cc(C)c(Cl)c(C)c1. The molecule has 2 aromatic carbocycles. The largest absolute Gasteiger partial charge is 0.497 e. The summed E-state index contributed by atoms with van der Waals surface area (Å²) in [5, 5.41) is 3.63. The van der Waals surface area contributed by atoms with Crippen molar-refractivity contribution >= 4 is 23.4 Å². The molecule has 0 radical (unpaired) electrons. The zero-order valence-electron chi connectivity index (χ0n) is 19.7. The van der Waals surface area contributed by atoms with Crippen LogP contribution in [0.3, 0.4) is 0 Å². The molecule has 2 aromatic rings. The number of aryl methyl sites for hydroxylation is 2. The molecule has 0 saturated carbocycles. The molecule has 0 heterocycles. The molecule has 0 spiro atoms. The van der Waals surface area contributed by atoms with Crippen molar-refractivity contribution < 1.29 is 19.1 Å². The number of halogens is 1. The number of benzene rings is 2. The van der Waals surface area contributed by atoms with E-state index in [0.717, 1.165) is 23.1 Å². The number of methoxy groups -OCH3 is 1. The maximum atomic E-state index is 13.2. The Bertz CT molecular complexity index is 924. The fraction of sp³-hybridized carbons (Fsp3) is 0.440. The first-order chi connectivity index (χ1) is 15.2. The van der Waals surface area contributed by atoms with Crippen LogP contribution in [-0.4, -0.2) is 42.5 Å². The molecule has 6 nitrogen and oxygen atoms in total. The summed E-state index contributed by atoms with van der Waals surface area (Å²) < 4.78 is 11.1. The van der Waals surface area contributed by atoms with Gasteiger partial charge in [-0.3, -0.25) is 9.59 Å². The number of ether oxygens (including phenoxy) is 2. The highest BCUT2D eigenvalue weighted by molar-refractivity contribution is 6.32. The van der Waals surface area contributed by atoms with Gasteiger partial charge in [0.1, 0.15) is 17.5 Å². The van der Waals surface area contributed by atoms with Gasteiger partial charge in [-0.2, -0.15) is 0 Å². The van der Waals surface area contributed by atoms with Gasteiger partial charge in [0.2, 0.25) is 5.91 Å². The normalized spacial score (nSPS) is 12.6. The second kappa shape index (κ2) is 11.8. The summed E-state index contributed by atoms with van der Waals surface area (Å²) in [6, 6.07) is 10.4. The Morgan fingerprint density at radius 3 is 2.34 bits per heavy atom. The monoisotopic (exact) mass is 460 g/mol. The van der Waals surface area contributed by atoms with Crippen molar-refractivity contribution in [1.29, 1.82) is 0 Å². The lowest BCUT2D eigenvalue weighted by atomic mass is 10.1. The highest BCUT2D eigenvalue weighted by atomic mass is 35.5. The molecule has 2 rings (SSSR count). The fourth-order valence-corrected chi connectivity index (χ4v) is 3.34. The first kappa shape index (κ1) is 25.5. The lowest BCUT2D eigenvalue weighted by Gasteiger charge is -2.29. The zero-order chi connectivity index (χ0) is 23.8. The molecule has 174 valence electrons. The lowest BCUT2D eigenvalue weighted by Crippen LogP contribution is -2.50. The van der Waals surface area contributed by atoms with Crippen LogP contribution < -0.4 is 14.8 Å². The molecule has 1 N–H and O–H groups in total. The van der Waals surface area contributed by atoms with E-state index in [2.05, 4.69) is 5.32 Å². The van der Waals surface area contributed by atoms with Gasteiger partial charge < -0.3 is 19.7 Å². The minimum absolute atomic E-state index is 0.0231. The Hall–Kier alpha value is -2.73. The lowest BCUT2D eigenvalue weighted by molar-refractivity contribution is -0.142. The second-order valence-corrected chi connectivity index (χ2v) is 8.40. The second-order valence-electron chi connectivity index (χ2n) is 8.03. The van der Waals surface area contributed by atoms with Crippen LogP contribution in [0, 0.1) is 13.8 Å². The molecular formula is C25H33ClN2O4. The van der Waals surface area contributed by atoms with E-state index >= 15 is 0 Å². The molecule has 0 aliphatic carbocycles. The zero-order valence-corrected chi connectivity index (χ0v) is 20.5. The molecule has 2 atom stereocenters. The summed E-state index contributed by atoms with van der Waals surface area (Å²) in [4.78, 5) is 27.5. The number of nitrogens with zero attached hydrogens (tertiary/aromatic N) is 1. The number of hydrogen-bond acceptors (Lipinski definition) is 4. The van der Waals surface area contributed by atoms with Gasteiger partial charge in [0.25, 0.3) is 5.91 Å². The molecule has 0 fully saturated rings. The van der Waals surface area contributed by atoms with Crippen LogP contribution in [0.1, 0.15) is 43.9 Å². The van der Waals surface area contributed by atoms with Gasteiger partial charge in [0, 0.05) is 17.6 Å². The van der Waals surface area contributed by atoms with E-state index in [9.17, 15) is 9.59 Å². The molecule has 32 heavy (non-hydrogen) atoms. The molecule has 0 bridgehead atoms. The maximum absolute atomic E-state index is 13.2. The number of rotatable bonds is 10. The molecule has 0 saturated heterocycles. The number of amides is 2. The highest BCUT2D eigenvalue weighted by Gasteiger charge is 2.27. The Labute approximate surface area is 195 Å². The molecule has 2 amide bonds. The Morgan fingerprint density at radius 2 is 1.75 bits per heavy atom. The summed E-state index contributed by atoms with van der Waals surface area (Å²) in [6.45, 7) is 9.51. The summed E-state index contributed by atoms with van der Waals surface area (Å²) >= 11 is 6.22. The van der Waals surface area contributed by atoms with Gasteiger partial charge in [-0.25, -0.2) is 0 Å². The van der Waals surface area contributed by atoms with Crippen molar-refractivity contribution in [2.75, 3.05) is 13.7 Å². The van der Waals surface area contributed by atoms with Crippen molar-refractivity contribution in [3.8, 4) is 11.5 Å². The van der Waals surface area contributed by atoms with Gasteiger partial charge in [-0.1, -0.05) is 30.7 Å². The third-order valence-corrected chi connectivity index (χ3v) is 6.02. The van der Waals surface area contributed by atoms with Crippen LogP contribution in [0.2, 0.25) is 5.02 Å². The smallest absolute Gasteiger partial charge is 0.261 e. The van der Waals surface area contributed by atoms with Gasteiger partial charge in [0.15, 0.2) is 6.61 Å². The average molecular weight is 461 g/mol. The van der Waals surface area contributed by atoms with Crippen LogP contribution in [0.25, 0.3) is 0 Å². The predicted octanol–water partition coefficient (Wildman–Crippen LogP) is 4.68. The summed E-state index contributed by atoms with van der Waals surface area (Å²) in [6.07, 6.45) is 0.806. The summed E-state index contributed by atoms with van der Waals surface area (Å²) in [5.74, 6) is 0.768. The standard InChI is InChI=1S/C25H33ClN2O4/c1-7-18(4)27-25(30)19(5)28(14-20-9-8-10-21(13-20)31-6)23(29)15-32-22-11-16(2)24(26)17(3)12-22/h8-13,18-19H,7,14-15H2,1-6H3,(H,27,30)/t18-,19+/m1/s1. The van der Waals surface area contributed by atoms with Crippen molar-refractivity contribution in [3.63, 3.8) is 0 Å². The van der Waals surface area contributed by atoms with Crippen LogP contribution in [0.15, 0.2) is 36.4 Å². The number of carbonyl (C=O) groups is 2. The number of nitrogens with one attached hydrogen (secondary N) is 1. The molecular weight excluding hydrogens is 428 g/mol. The van der Waals surface area contributed by atoms with E-state index in [4.69, 9.17) is 21.1 Å². The van der Waals surface area contributed by atoms with E-state index in [1.165, 1.54) is 4.90 Å². The fourth-order valence-electron chi connectivity index (χ4n) is 3.23. The van der Waals surface area contributed by atoms with Crippen molar-refractivity contribution in [2.24, 2.45) is 0 Å². The van der Waals surface area contributed by atoms with Crippen LogP contribution in [-0.2, 0) is 16.1 Å². The van der Waals surface area contributed by atoms with E-state index in [1.807, 2.05) is 52.0 Å². The van der Waals surface area contributed by atoms with Gasteiger partial charge >= 0.3 is 0 Å². The third kappa shape index (κ3) is 6.89. The Balaban J connectivity index is 2.21. The van der Waals surface area contributed by atoms with Crippen molar-refractivity contribution in [2.45, 2.75) is 59.7 Å². The summed E-state index contributed by atoms with van der Waals surface area (Å²) in [7, 11) is 1.59. The maximum Gasteiger partial charge on any atom is 0.261 e. The topological polar surface area (TPSA) is 67.9 Å². The van der Waals surface area contributed by atoms with Crippen molar-refractivity contribution in [3.05, 3.63) is 58.1 Å². The minimum Gasteiger partial charge on any atom is -0.497 e. The third-order valence-electron chi connectivity index (χ3n) is 5.43. The number of carbonyl (C=O) groups excluding carboxylic acids is 2. The van der Waals surface area contributed by atoms with Crippen LogP contribution >= 0.6 is 11.6 Å². The first-order valence-electron chi connectivity index (χ1n) is 10.8. The highest BCUT2D eigenvalue weighted by Crippen LogP contribution is 2.26. The van der Waals surface area contributed by atoms with Crippen molar-refractivity contribution in [1.82, 2.24) is 10.2 Å². The Morgan fingerprint density at radius 1 is 1.09 bits per heavy atom. The van der Waals surface area contributed by atoms with Gasteiger partial charge in [-0.15, -0.1) is 0 Å². The molecule has 0 aliphatic heterocycles. The average Bonchev–Trinajstić information content (AvgIpc) is 2.78. The Kier molecular flexibility index (Phi) is 9.39. The predicted molar refractivity (Wildman–Crippen MR) is 127 cm³/mol. The quantitative estimate of drug-likeness (QED) is 0.559. The minimum atomic E-state index is -0.667. The molecule has 0 unspecified atom stereocenters. The first-order valence-corrected chi connectivity index (χ1v) is 11.2. The van der Waals surface area contributed by atoms with E-state index in [1.54, 1.807) is 26.2 Å². The molecule has 7 heteroatoms.